The molecule has 0 fully saturated rings. The molecule has 1 amide bonds. The Labute approximate surface area is 181 Å². The highest BCUT2D eigenvalue weighted by atomic mass is 16.4. The maximum absolute atomic E-state index is 13.3. The molecule has 160 valence electrons. The van der Waals surface area contributed by atoms with Crippen molar-refractivity contribution >= 4 is 22.6 Å². The van der Waals surface area contributed by atoms with E-state index in [2.05, 4.69) is 29.2 Å². The minimum Gasteiger partial charge on any atom is -0.441 e. The molecule has 3 aromatic heterocycles. The number of amides is 1. The third-order valence-electron chi connectivity index (χ3n) is 5.31. The smallest absolute Gasteiger partial charge is 0.256 e. The minimum atomic E-state index is -0.200. The Kier molecular flexibility index (Phi) is 5.35. The van der Waals surface area contributed by atoms with Crippen LogP contribution in [-0.4, -0.2) is 25.7 Å². The minimum absolute atomic E-state index is 0.146. The van der Waals surface area contributed by atoms with Crippen molar-refractivity contribution in [3.63, 3.8) is 0 Å². The number of aromatic nitrogens is 4. The van der Waals surface area contributed by atoms with Gasteiger partial charge in [-0.25, -0.2) is 14.6 Å². The Morgan fingerprint density at radius 2 is 1.87 bits per heavy atom. The molecule has 0 atom stereocenters. The Balaban J connectivity index is 1.71. The summed E-state index contributed by atoms with van der Waals surface area (Å²) in [6.07, 6.45) is 1.72. The van der Waals surface area contributed by atoms with Gasteiger partial charge in [-0.05, 0) is 57.9 Å². The van der Waals surface area contributed by atoms with Gasteiger partial charge in [-0.15, -0.1) is 0 Å². The van der Waals surface area contributed by atoms with E-state index in [1.807, 2.05) is 62.7 Å². The van der Waals surface area contributed by atoms with E-state index in [0.717, 1.165) is 33.7 Å². The van der Waals surface area contributed by atoms with Crippen LogP contribution >= 0.6 is 0 Å². The molecule has 4 rings (SSSR count). The largest absolute Gasteiger partial charge is 0.441 e. The normalized spacial score (nSPS) is 11.6. The summed E-state index contributed by atoms with van der Waals surface area (Å²) < 4.78 is 7.58. The number of rotatable bonds is 5. The lowest BCUT2D eigenvalue weighted by Crippen LogP contribution is -2.14. The summed E-state index contributed by atoms with van der Waals surface area (Å²) in [6.45, 7) is 12.0. The first-order valence-electron chi connectivity index (χ1n) is 10.5. The zero-order valence-corrected chi connectivity index (χ0v) is 18.7. The molecule has 1 aromatic carbocycles. The summed E-state index contributed by atoms with van der Waals surface area (Å²) in [6, 6.07) is 9.50. The lowest BCUT2D eigenvalue weighted by molar-refractivity contribution is 0.102. The second-order valence-electron chi connectivity index (χ2n) is 8.37. The van der Waals surface area contributed by atoms with Crippen LogP contribution in [0.1, 0.15) is 67.2 Å². The van der Waals surface area contributed by atoms with Gasteiger partial charge in [0.05, 0.1) is 22.8 Å². The number of nitrogens with zero attached hydrogens (tertiary/aromatic N) is 4. The standard InChI is InChI=1S/C24H27N5O2/c1-13(2)21-11-19(20-12-25-29(14(3)4)22(20)28-21)23(30)27-18-9-7-8-17(10-18)24-26-15(5)16(6)31-24/h7-14H,1-6H3,(H,27,30). The molecule has 1 N–H and O–H groups in total. The molecule has 0 radical (unpaired) electrons. The van der Waals surface area contributed by atoms with Crippen molar-refractivity contribution in [2.24, 2.45) is 0 Å². The Morgan fingerprint density at radius 1 is 1.10 bits per heavy atom. The van der Waals surface area contributed by atoms with Crippen LogP contribution in [0.4, 0.5) is 5.69 Å². The van der Waals surface area contributed by atoms with E-state index in [1.165, 1.54) is 0 Å². The fourth-order valence-corrected chi connectivity index (χ4v) is 3.42. The van der Waals surface area contributed by atoms with Crippen molar-refractivity contribution in [2.45, 2.75) is 53.5 Å². The van der Waals surface area contributed by atoms with Crippen molar-refractivity contribution in [1.82, 2.24) is 19.7 Å². The molecule has 0 aliphatic rings. The Hall–Kier alpha value is -3.48. The van der Waals surface area contributed by atoms with Crippen LogP contribution in [0.15, 0.2) is 40.9 Å². The van der Waals surface area contributed by atoms with E-state index in [4.69, 9.17) is 9.40 Å². The number of benzene rings is 1. The predicted molar refractivity (Wildman–Crippen MR) is 121 cm³/mol. The van der Waals surface area contributed by atoms with E-state index >= 15 is 0 Å². The molecule has 0 spiro atoms. The molecule has 4 aromatic rings. The molecule has 0 bridgehead atoms. The number of hydrogen-bond donors (Lipinski definition) is 1. The van der Waals surface area contributed by atoms with E-state index < -0.39 is 0 Å². The van der Waals surface area contributed by atoms with Crippen molar-refractivity contribution in [3.8, 4) is 11.5 Å². The molecule has 0 unspecified atom stereocenters. The first kappa shape index (κ1) is 20.8. The van der Waals surface area contributed by atoms with Crippen LogP contribution in [0.5, 0.6) is 0 Å². The first-order valence-corrected chi connectivity index (χ1v) is 10.5. The van der Waals surface area contributed by atoms with Gasteiger partial charge < -0.3 is 9.73 Å². The maximum atomic E-state index is 13.3. The predicted octanol–water partition coefficient (Wildman–Crippen LogP) is 5.66. The van der Waals surface area contributed by atoms with Gasteiger partial charge >= 0.3 is 0 Å². The number of anilines is 1. The summed E-state index contributed by atoms with van der Waals surface area (Å²) in [5, 5.41) is 8.22. The third-order valence-corrected chi connectivity index (χ3v) is 5.31. The number of carbonyl (C=O) groups excluding carboxylic acids is 1. The van der Waals surface area contributed by atoms with Crippen LogP contribution in [0.2, 0.25) is 0 Å². The molecular weight excluding hydrogens is 390 g/mol. The van der Waals surface area contributed by atoms with E-state index in [1.54, 1.807) is 6.20 Å². The first-order chi connectivity index (χ1) is 14.7. The fourth-order valence-electron chi connectivity index (χ4n) is 3.42. The number of pyridine rings is 1. The quantitative estimate of drug-likeness (QED) is 0.453. The maximum Gasteiger partial charge on any atom is 0.256 e. The van der Waals surface area contributed by atoms with Gasteiger partial charge in [0.2, 0.25) is 5.89 Å². The third kappa shape index (κ3) is 3.95. The zero-order chi connectivity index (χ0) is 22.3. The van der Waals surface area contributed by atoms with Crippen molar-refractivity contribution < 1.29 is 9.21 Å². The van der Waals surface area contributed by atoms with Gasteiger partial charge in [-0.2, -0.15) is 5.10 Å². The average molecular weight is 418 g/mol. The van der Waals surface area contributed by atoms with Crippen molar-refractivity contribution in [3.05, 3.63) is 59.2 Å². The highest BCUT2D eigenvalue weighted by Gasteiger charge is 2.19. The SMILES string of the molecule is Cc1nc(-c2cccc(NC(=O)c3cc(C(C)C)nc4c3cnn4C(C)C)c2)oc1C. The molecule has 31 heavy (non-hydrogen) atoms. The van der Waals surface area contributed by atoms with Crippen LogP contribution in [0.3, 0.4) is 0 Å². The summed E-state index contributed by atoms with van der Waals surface area (Å²) in [4.78, 5) is 22.5. The lowest BCUT2D eigenvalue weighted by Gasteiger charge is -2.12. The Bertz CT molecular complexity index is 1250. The average Bonchev–Trinajstić information content (AvgIpc) is 3.30. The van der Waals surface area contributed by atoms with Crippen LogP contribution in [0, 0.1) is 13.8 Å². The molecule has 0 aliphatic carbocycles. The molecule has 3 heterocycles. The number of hydrogen-bond acceptors (Lipinski definition) is 5. The van der Waals surface area contributed by atoms with Gasteiger partial charge in [0, 0.05) is 23.0 Å². The summed E-state index contributed by atoms with van der Waals surface area (Å²) in [7, 11) is 0. The van der Waals surface area contributed by atoms with Gasteiger partial charge in [0.25, 0.3) is 5.91 Å². The van der Waals surface area contributed by atoms with Gasteiger partial charge in [0.1, 0.15) is 5.76 Å². The van der Waals surface area contributed by atoms with Gasteiger partial charge in [-0.1, -0.05) is 19.9 Å². The fraction of sp³-hybridized carbons (Fsp3) is 0.333. The lowest BCUT2D eigenvalue weighted by atomic mass is 10.0. The zero-order valence-electron chi connectivity index (χ0n) is 18.7. The topological polar surface area (TPSA) is 85.8 Å². The van der Waals surface area contributed by atoms with E-state index in [-0.39, 0.29) is 17.9 Å². The number of oxazole rings is 1. The summed E-state index contributed by atoms with van der Waals surface area (Å²) in [5.41, 5.74) is 4.49. The summed E-state index contributed by atoms with van der Waals surface area (Å²) >= 11 is 0. The van der Waals surface area contributed by atoms with Crippen molar-refractivity contribution in [2.75, 3.05) is 5.32 Å². The van der Waals surface area contributed by atoms with Crippen LogP contribution in [0.25, 0.3) is 22.5 Å². The van der Waals surface area contributed by atoms with Crippen LogP contribution < -0.4 is 5.32 Å². The number of fused-ring (bicyclic) bond motifs is 1. The van der Waals surface area contributed by atoms with Crippen LogP contribution in [-0.2, 0) is 0 Å². The molecule has 0 aliphatic heterocycles. The molecular formula is C24H27N5O2. The summed E-state index contributed by atoms with van der Waals surface area (Å²) in [5.74, 6) is 1.31. The molecule has 7 heteroatoms. The number of aryl methyl sites for hydroxylation is 2. The highest BCUT2D eigenvalue weighted by Crippen LogP contribution is 2.27. The van der Waals surface area contributed by atoms with Gasteiger partial charge in [0.15, 0.2) is 5.65 Å². The second kappa shape index (κ2) is 7.98. The Morgan fingerprint density at radius 3 is 2.52 bits per heavy atom. The second-order valence-corrected chi connectivity index (χ2v) is 8.37. The molecule has 0 saturated heterocycles. The van der Waals surface area contributed by atoms with Crippen molar-refractivity contribution in [1.29, 1.82) is 0 Å². The highest BCUT2D eigenvalue weighted by molar-refractivity contribution is 6.12. The number of nitrogens with one attached hydrogen (secondary N) is 1. The van der Waals surface area contributed by atoms with Gasteiger partial charge in [-0.3, -0.25) is 4.79 Å². The monoisotopic (exact) mass is 417 g/mol. The number of carbonyl (C=O) groups is 1. The molecule has 7 nitrogen and oxygen atoms in total. The van der Waals surface area contributed by atoms with E-state index in [9.17, 15) is 4.79 Å². The molecule has 0 saturated carbocycles. The van der Waals surface area contributed by atoms with E-state index in [0.29, 0.717) is 17.1 Å².